The summed E-state index contributed by atoms with van der Waals surface area (Å²) in [4.78, 5) is 15.5. The van der Waals surface area contributed by atoms with Crippen LogP contribution in [0.2, 0.25) is 0 Å². The number of benzene rings is 3. The molecule has 4 aromatic rings. The predicted molar refractivity (Wildman–Crippen MR) is 159 cm³/mol. The minimum Gasteiger partial charge on any atom is -0.489 e. The van der Waals surface area contributed by atoms with E-state index in [1.54, 1.807) is 17.0 Å². The minimum absolute atomic E-state index is 0.0297. The van der Waals surface area contributed by atoms with E-state index in [1.807, 2.05) is 71.6 Å². The Hall–Kier alpha value is -3.79. The molecule has 6 rings (SSSR count). The summed E-state index contributed by atoms with van der Waals surface area (Å²) in [6.07, 6.45) is 5.77. The number of carbonyl (C=O) groups excluding carboxylic acids is 1. The molecule has 1 atom stereocenters. The van der Waals surface area contributed by atoms with Crippen LogP contribution in [-0.2, 0) is 16.1 Å². The number of thiocarbonyl (C=S) groups is 1. The molecule has 0 radical (unpaired) electrons. The van der Waals surface area contributed by atoms with Gasteiger partial charge in [-0.15, -0.1) is 0 Å². The number of para-hydroxylation sites is 1. The normalized spacial score (nSPS) is 18.2. The molecule has 0 aliphatic carbocycles. The number of ether oxygens (including phenoxy) is 2. The zero-order valence-corrected chi connectivity index (χ0v) is 23.2. The number of hydrogen-bond acceptors (Lipinski definition) is 6. The Morgan fingerprint density at radius 1 is 1.07 bits per heavy atom. The fourth-order valence-corrected chi connectivity index (χ4v) is 5.94. The molecule has 0 saturated carbocycles. The van der Waals surface area contributed by atoms with Crippen LogP contribution < -0.4 is 4.74 Å². The van der Waals surface area contributed by atoms with Crippen molar-refractivity contribution >= 4 is 40.3 Å². The average Bonchev–Trinajstić information content (AvgIpc) is 3.71. The minimum atomic E-state index is -0.274. The molecule has 1 aromatic heterocycles. The van der Waals surface area contributed by atoms with Crippen molar-refractivity contribution in [2.75, 3.05) is 13.2 Å². The number of thioether (sulfide) groups is 1. The lowest BCUT2D eigenvalue weighted by Gasteiger charge is -2.18. The van der Waals surface area contributed by atoms with Gasteiger partial charge in [0.2, 0.25) is 0 Å². The molecule has 2 fully saturated rings. The molecule has 0 N–H and O–H groups in total. The van der Waals surface area contributed by atoms with E-state index in [0.717, 1.165) is 47.5 Å². The van der Waals surface area contributed by atoms with Gasteiger partial charge < -0.3 is 9.47 Å². The largest absolute Gasteiger partial charge is 0.489 e. The van der Waals surface area contributed by atoms with Crippen molar-refractivity contribution in [2.24, 2.45) is 0 Å². The lowest BCUT2D eigenvalue weighted by atomic mass is 10.1. The van der Waals surface area contributed by atoms with Gasteiger partial charge in [-0.3, -0.25) is 9.69 Å². The topological polar surface area (TPSA) is 56.6 Å². The van der Waals surface area contributed by atoms with E-state index < -0.39 is 0 Å². The first-order valence-electron chi connectivity index (χ1n) is 13.0. The molecule has 1 amide bonds. The quantitative estimate of drug-likeness (QED) is 0.175. The number of rotatable bonds is 8. The molecule has 3 heterocycles. The van der Waals surface area contributed by atoms with Crippen LogP contribution in [-0.4, -0.2) is 44.2 Å². The van der Waals surface area contributed by atoms with Gasteiger partial charge in [0.05, 0.1) is 28.9 Å². The Bertz CT molecular complexity index is 1550. The van der Waals surface area contributed by atoms with E-state index in [-0.39, 0.29) is 17.8 Å². The number of nitrogens with zero attached hydrogens (tertiary/aromatic N) is 3. The average molecular weight is 572 g/mol. The highest BCUT2D eigenvalue weighted by atomic mass is 32.2. The molecule has 0 unspecified atom stereocenters. The van der Waals surface area contributed by atoms with Gasteiger partial charge in [0.25, 0.3) is 5.91 Å². The second-order valence-corrected chi connectivity index (χ2v) is 11.3. The molecule has 9 heteroatoms. The number of halogens is 1. The van der Waals surface area contributed by atoms with E-state index in [9.17, 15) is 9.18 Å². The third-order valence-corrected chi connectivity index (χ3v) is 8.16. The Morgan fingerprint density at radius 2 is 1.85 bits per heavy atom. The third kappa shape index (κ3) is 5.86. The molecule has 202 valence electrons. The maximum Gasteiger partial charge on any atom is 0.266 e. The first kappa shape index (κ1) is 26.4. The van der Waals surface area contributed by atoms with E-state index in [0.29, 0.717) is 28.1 Å². The zero-order chi connectivity index (χ0) is 27.5. The van der Waals surface area contributed by atoms with Gasteiger partial charge in [-0.1, -0.05) is 54.3 Å². The van der Waals surface area contributed by atoms with Crippen molar-refractivity contribution in [2.45, 2.75) is 25.6 Å². The van der Waals surface area contributed by atoms with Gasteiger partial charge in [0.15, 0.2) is 0 Å². The second kappa shape index (κ2) is 11.8. The summed E-state index contributed by atoms with van der Waals surface area (Å²) in [6, 6.07) is 23.7. The standard InChI is InChI=1S/C31H26FN3O3S2/c32-24-12-8-21(9-13-24)20-38-26-14-10-22(11-15-26)29-23(18-35(33-29)25-5-2-1-3-6-25)17-28-30(36)34(31(39)40-28)19-27-7-4-16-37-27/h1-3,5-6,8-15,17-18,27H,4,7,16,19-20H2/b28-17-/t27-/m0/s1. The van der Waals surface area contributed by atoms with Crippen LogP contribution >= 0.6 is 24.0 Å². The van der Waals surface area contributed by atoms with Crippen LogP contribution in [0.4, 0.5) is 4.39 Å². The molecule has 0 bridgehead atoms. The molecule has 0 spiro atoms. The summed E-state index contributed by atoms with van der Waals surface area (Å²) in [5, 5.41) is 4.88. The number of amides is 1. The SMILES string of the molecule is O=C1/C(=C/c2cn(-c3ccccc3)nc2-c2ccc(OCc3ccc(F)cc3)cc2)SC(=S)N1C[C@@H]1CCCO1. The monoisotopic (exact) mass is 571 g/mol. The summed E-state index contributed by atoms with van der Waals surface area (Å²) in [7, 11) is 0. The van der Waals surface area contributed by atoms with Crippen molar-refractivity contribution < 1.29 is 18.7 Å². The van der Waals surface area contributed by atoms with Gasteiger partial charge >= 0.3 is 0 Å². The highest BCUT2D eigenvalue weighted by Crippen LogP contribution is 2.36. The smallest absolute Gasteiger partial charge is 0.266 e. The first-order chi connectivity index (χ1) is 19.5. The molecule has 2 aliphatic rings. The van der Waals surface area contributed by atoms with E-state index >= 15 is 0 Å². The summed E-state index contributed by atoms with van der Waals surface area (Å²) >= 11 is 6.86. The highest BCUT2D eigenvalue weighted by molar-refractivity contribution is 8.26. The maximum atomic E-state index is 13.3. The highest BCUT2D eigenvalue weighted by Gasteiger charge is 2.35. The van der Waals surface area contributed by atoms with E-state index in [2.05, 4.69) is 0 Å². The zero-order valence-electron chi connectivity index (χ0n) is 21.5. The Labute approximate surface area is 241 Å². The van der Waals surface area contributed by atoms with Crippen molar-refractivity contribution in [3.05, 3.63) is 107 Å². The van der Waals surface area contributed by atoms with Crippen LogP contribution in [0.15, 0.2) is 90.0 Å². The summed E-state index contributed by atoms with van der Waals surface area (Å²) in [6.45, 7) is 1.55. The van der Waals surface area contributed by atoms with Crippen LogP contribution in [0.1, 0.15) is 24.0 Å². The molecule has 6 nitrogen and oxygen atoms in total. The number of aromatic nitrogens is 2. The fourth-order valence-electron chi connectivity index (χ4n) is 4.68. The van der Waals surface area contributed by atoms with E-state index in [1.165, 1.54) is 23.9 Å². The maximum absolute atomic E-state index is 13.3. The van der Waals surface area contributed by atoms with Gasteiger partial charge in [0.1, 0.15) is 22.5 Å². The fraction of sp³-hybridized carbons (Fsp3) is 0.194. The first-order valence-corrected chi connectivity index (χ1v) is 14.3. The summed E-state index contributed by atoms with van der Waals surface area (Å²) in [5.74, 6) is 0.310. The van der Waals surface area contributed by atoms with Gasteiger partial charge in [-0.25, -0.2) is 9.07 Å². The summed E-state index contributed by atoms with van der Waals surface area (Å²) in [5.41, 5.74) is 4.21. The number of carbonyl (C=O) groups is 1. The molecule has 2 aliphatic heterocycles. The molecule has 2 saturated heterocycles. The Balaban J connectivity index is 1.27. The lowest BCUT2D eigenvalue weighted by Crippen LogP contribution is -2.35. The summed E-state index contributed by atoms with van der Waals surface area (Å²) < 4.78 is 27.2. The third-order valence-electron chi connectivity index (χ3n) is 6.78. The number of hydrogen-bond donors (Lipinski definition) is 0. The second-order valence-electron chi connectivity index (χ2n) is 9.58. The Morgan fingerprint density at radius 3 is 2.58 bits per heavy atom. The van der Waals surface area contributed by atoms with Crippen LogP contribution in [0.25, 0.3) is 23.0 Å². The van der Waals surface area contributed by atoms with Crippen LogP contribution in [0.3, 0.4) is 0 Å². The van der Waals surface area contributed by atoms with Gasteiger partial charge in [-0.05, 0) is 73.0 Å². The lowest BCUT2D eigenvalue weighted by molar-refractivity contribution is -0.123. The van der Waals surface area contributed by atoms with Crippen molar-refractivity contribution in [3.8, 4) is 22.7 Å². The van der Waals surface area contributed by atoms with Crippen molar-refractivity contribution in [1.82, 2.24) is 14.7 Å². The molecule has 40 heavy (non-hydrogen) atoms. The van der Waals surface area contributed by atoms with Crippen molar-refractivity contribution in [1.29, 1.82) is 0 Å². The van der Waals surface area contributed by atoms with Crippen LogP contribution in [0.5, 0.6) is 5.75 Å². The van der Waals surface area contributed by atoms with Crippen molar-refractivity contribution in [3.63, 3.8) is 0 Å². The molecular weight excluding hydrogens is 545 g/mol. The van der Waals surface area contributed by atoms with Gasteiger partial charge in [-0.2, -0.15) is 5.10 Å². The van der Waals surface area contributed by atoms with Crippen LogP contribution in [0, 0.1) is 5.82 Å². The molecule has 3 aromatic carbocycles. The van der Waals surface area contributed by atoms with E-state index in [4.69, 9.17) is 26.8 Å². The molecular formula is C31H26FN3O3S2. The van der Waals surface area contributed by atoms with Gasteiger partial charge in [0, 0.05) is 23.9 Å². The predicted octanol–water partition coefficient (Wildman–Crippen LogP) is 6.64. The Kier molecular flexibility index (Phi) is 7.77.